The predicted octanol–water partition coefficient (Wildman–Crippen LogP) is 11.7. The summed E-state index contributed by atoms with van der Waals surface area (Å²) < 4.78 is 37.4. The number of carbonyl (C=O) groups excluding carboxylic acids is 6. The topological polar surface area (TPSA) is 167 Å². The van der Waals surface area contributed by atoms with Gasteiger partial charge in [-0.05, 0) is 163 Å². The maximum Gasteiger partial charge on any atom is 0.343 e. The van der Waals surface area contributed by atoms with Crippen LogP contribution in [0.4, 0.5) is 0 Å². The average Bonchev–Trinajstić information content (AvgIpc) is 3.32. The van der Waals surface area contributed by atoms with E-state index in [-0.39, 0.29) is 76.0 Å². The largest absolute Gasteiger partial charge is 0.494 e. The maximum absolute atomic E-state index is 12.8. The molecule has 3 rings (SSSR count). The Morgan fingerprint density at radius 1 is 0.493 bits per heavy atom. The summed E-state index contributed by atoms with van der Waals surface area (Å²) in [6.45, 7) is 9.15. The highest BCUT2D eigenvalue weighted by atomic mass is 16.6. The van der Waals surface area contributed by atoms with E-state index in [9.17, 15) is 28.8 Å². The fraction of sp³-hybridized carbons (Fsp3) is 0.630. The molecule has 0 saturated heterocycles. The summed E-state index contributed by atoms with van der Waals surface area (Å²) in [5.41, 5.74) is 2.14. The van der Waals surface area contributed by atoms with Gasteiger partial charge in [0.05, 0.1) is 45.2 Å². The quantitative estimate of drug-likeness (QED) is 0.0208. The number of hydrogen-bond donors (Lipinski definition) is 0. The van der Waals surface area contributed by atoms with E-state index in [0.717, 1.165) is 31.6 Å². The van der Waals surface area contributed by atoms with Gasteiger partial charge in [-0.3, -0.25) is 19.2 Å². The van der Waals surface area contributed by atoms with Crippen LogP contribution in [0.5, 0.6) is 11.5 Å². The van der Waals surface area contributed by atoms with E-state index in [1.807, 2.05) is 12.1 Å². The monoisotopic (exact) mass is 935 g/mol. The first-order valence-corrected chi connectivity index (χ1v) is 25.0. The van der Waals surface area contributed by atoms with Crippen molar-refractivity contribution in [2.24, 2.45) is 5.92 Å². The Bertz CT molecular complexity index is 1750. The molecule has 1 aliphatic rings. The van der Waals surface area contributed by atoms with E-state index in [1.165, 1.54) is 56.9 Å². The van der Waals surface area contributed by atoms with Crippen LogP contribution in [0, 0.1) is 5.92 Å². The zero-order valence-electron chi connectivity index (χ0n) is 40.5. The molecule has 0 aliphatic heterocycles. The van der Waals surface area contributed by atoms with Gasteiger partial charge in [0.25, 0.3) is 0 Å². The molecule has 0 radical (unpaired) electrons. The highest BCUT2D eigenvalue weighted by molar-refractivity contribution is 5.91. The van der Waals surface area contributed by atoms with Gasteiger partial charge >= 0.3 is 35.8 Å². The predicted molar refractivity (Wildman–Crippen MR) is 256 cm³/mol. The van der Waals surface area contributed by atoms with Crippen LogP contribution in [0.15, 0.2) is 60.7 Å². The molecule has 1 fully saturated rings. The summed E-state index contributed by atoms with van der Waals surface area (Å²) in [7, 11) is 0. The fourth-order valence-corrected chi connectivity index (χ4v) is 7.68. The van der Waals surface area contributed by atoms with Gasteiger partial charge < -0.3 is 33.2 Å². The summed E-state index contributed by atoms with van der Waals surface area (Å²) in [5, 5.41) is 0. The molecule has 2 aromatic carbocycles. The average molecular weight is 935 g/mol. The Hall–Kier alpha value is -5.20. The second-order valence-corrected chi connectivity index (χ2v) is 17.6. The van der Waals surface area contributed by atoms with Crippen molar-refractivity contribution in [2.45, 2.75) is 174 Å². The molecule has 0 unspecified atom stereocenters. The molecule has 0 amide bonds. The molecule has 67 heavy (non-hydrogen) atoms. The molecule has 0 atom stereocenters. The molecule has 0 N–H and O–H groups in total. The van der Waals surface area contributed by atoms with Crippen molar-refractivity contribution >= 4 is 35.8 Å². The molecular weight excluding hydrogens is 857 g/mol. The lowest BCUT2D eigenvalue weighted by atomic mass is 9.77. The Kier molecular flexibility index (Phi) is 29.3. The molecule has 2 aromatic rings. The molecule has 372 valence electrons. The van der Waals surface area contributed by atoms with Crippen molar-refractivity contribution in [1.82, 2.24) is 0 Å². The second kappa shape index (κ2) is 35.0. The van der Waals surface area contributed by atoms with Crippen LogP contribution in [-0.4, -0.2) is 75.5 Å². The van der Waals surface area contributed by atoms with E-state index >= 15 is 0 Å². The number of carbonyl (C=O) groups is 6. The lowest BCUT2D eigenvalue weighted by Crippen LogP contribution is -2.13. The van der Waals surface area contributed by atoms with Crippen LogP contribution >= 0.6 is 0 Å². The fourth-order valence-electron chi connectivity index (χ4n) is 7.68. The van der Waals surface area contributed by atoms with Crippen LogP contribution < -0.4 is 9.47 Å². The molecular formula is C54H78O13. The number of esters is 6. The minimum Gasteiger partial charge on any atom is -0.494 e. The second-order valence-electron chi connectivity index (χ2n) is 17.6. The minimum atomic E-state index is -0.443. The third-order valence-corrected chi connectivity index (χ3v) is 11.8. The summed E-state index contributed by atoms with van der Waals surface area (Å²) >= 11 is 0. The Morgan fingerprint density at radius 3 is 1.39 bits per heavy atom. The smallest absolute Gasteiger partial charge is 0.343 e. The number of ether oxygens (including phenoxy) is 7. The normalized spacial score (nSPS) is 14.4. The first kappa shape index (κ1) is 56.1. The van der Waals surface area contributed by atoms with Crippen LogP contribution in [0.1, 0.15) is 190 Å². The van der Waals surface area contributed by atoms with Gasteiger partial charge in [-0.25, -0.2) is 9.59 Å². The van der Waals surface area contributed by atoms with Crippen molar-refractivity contribution < 1.29 is 61.9 Å². The Morgan fingerprint density at radius 2 is 0.925 bits per heavy atom. The van der Waals surface area contributed by atoms with Crippen molar-refractivity contribution in [3.8, 4) is 11.5 Å². The van der Waals surface area contributed by atoms with Crippen molar-refractivity contribution in [2.75, 3.05) is 39.6 Å². The summed E-state index contributed by atoms with van der Waals surface area (Å²) in [6, 6.07) is 15.0. The number of rotatable bonds is 36. The van der Waals surface area contributed by atoms with Crippen molar-refractivity contribution in [1.29, 1.82) is 0 Å². The zero-order chi connectivity index (χ0) is 48.3. The summed E-state index contributed by atoms with van der Waals surface area (Å²) in [4.78, 5) is 71.9. The minimum absolute atomic E-state index is 0.215. The lowest BCUT2D eigenvalue weighted by Gasteiger charge is -2.29. The molecule has 0 heterocycles. The van der Waals surface area contributed by atoms with Crippen molar-refractivity contribution in [3.63, 3.8) is 0 Å². The highest BCUT2D eigenvalue weighted by Gasteiger charge is 2.22. The van der Waals surface area contributed by atoms with Crippen LogP contribution in [0.2, 0.25) is 0 Å². The third kappa shape index (κ3) is 26.7. The first-order valence-electron chi connectivity index (χ1n) is 25.0. The van der Waals surface area contributed by atoms with Crippen LogP contribution in [0.25, 0.3) is 0 Å². The van der Waals surface area contributed by atoms with E-state index in [4.69, 9.17) is 33.2 Å². The molecule has 13 nitrogen and oxygen atoms in total. The van der Waals surface area contributed by atoms with Crippen molar-refractivity contribution in [3.05, 3.63) is 71.8 Å². The van der Waals surface area contributed by atoms with Gasteiger partial charge in [0.2, 0.25) is 0 Å². The standard InChI is InChI=1S/C54H78O13/c1-4-5-8-19-43-24-26-44(27-25-43)45-28-34-48(35-29-45)67-54(60)46-30-32-47(33-31-46)61-36-13-6-7-14-37-62-49(55)20-9-15-38-63-50(56)21-10-16-39-64-51(57)22-11-17-40-65-52(58)23-12-18-41-66-53(59)42(2)3/h28-35,43-44H,2,4-27,36-41H2,1,3H3/t43-,44-. The van der Waals surface area contributed by atoms with Crippen LogP contribution in [-0.2, 0) is 47.7 Å². The van der Waals surface area contributed by atoms with E-state index < -0.39 is 11.9 Å². The lowest BCUT2D eigenvalue weighted by molar-refractivity contribution is -0.145. The van der Waals surface area contributed by atoms with Gasteiger partial charge in [-0.1, -0.05) is 51.3 Å². The molecule has 1 saturated carbocycles. The Balaban J connectivity index is 1.07. The van der Waals surface area contributed by atoms with E-state index in [1.54, 1.807) is 31.2 Å². The molecule has 13 heteroatoms. The maximum atomic E-state index is 12.8. The summed E-state index contributed by atoms with van der Waals surface area (Å²) in [6.07, 6.45) is 19.2. The molecule has 1 aliphatic carbocycles. The molecule has 0 aromatic heterocycles. The van der Waals surface area contributed by atoms with Gasteiger partial charge in [-0.15, -0.1) is 0 Å². The van der Waals surface area contributed by atoms with Gasteiger partial charge in [0.15, 0.2) is 0 Å². The van der Waals surface area contributed by atoms with Gasteiger partial charge in [0, 0.05) is 31.3 Å². The number of benzene rings is 2. The first-order chi connectivity index (χ1) is 32.5. The number of unbranched alkanes of at least 4 members (excludes halogenated alkanes) is 9. The summed E-state index contributed by atoms with van der Waals surface area (Å²) in [5.74, 6) is 0.623. The SMILES string of the molecule is C=C(C)C(=O)OCCCCC(=O)OCCCCC(=O)OCCCCC(=O)OCCCCC(=O)OCCCCCCOc1ccc(C(=O)Oc2ccc([C@H]3CC[C@H](CCCCC)CC3)cc2)cc1. The highest BCUT2D eigenvalue weighted by Crippen LogP contribution is 2.38. The van der Waals surface area contributed by atoms with E-state index in [2.05, 4.69) is 25.6 Å². The Labute approximate surface area is 399 Å². The molecule has 0 bridgehead atoms. The molecule has 0 spiro atoms. The van der Waals surface area contributed by atoms with Gasteiger partial charge in [-0.2, -0.15) is 0 Å². The van der Waals surface area contributed by atoms with Gasteiger partial charge in [0.1, 0.15) is 11.5 Å². The van der Waals surface area contributed by atoms with Crippen LogP contribution in [0.3, 0.4) is 0 Å². The number of hydrogen-bond acceptors (Lipinski definition) is 13. The van der Waals surface area contributed by atoms with E-state index in [0.29, 0.717) is 93.1 Å². The zero-order valence-corrected chi connectivity index (χ0v) is 40.5. The third-order valence-electron chi connectivity index (χ3n) is 11.8.